The minimum absolute atomic E-state index is 0.0758. The summed E-state index contributed by atoms with van der Waals surface area (Å²) >= 11 is 4.00. The van der Waals surface area contributed by atoms with E-state index in [0.29, 0.717) is 23.9 Å². The van der Waals surface area contributed by atoms with Gasteiger partial charge in [-0.3, -0.25) is 9.59 Å². The van der Waals surface area contributed by atoms with Crippen LogP contribution in [0.2, 0.25) is 0 Å². The SMILES string of the molecule is O=C1C(Cc2ccc3ccc(-c4ccc(CC5CCN(C6CCCCC6)C5=O)c5ccccc45)cc3c2Br)CCN1C1CCCCC1. The molecule has 4 aromatic carbocycles. The number of fused-ring (bicyclic) bond motifs is 2. The van der Waals surface area contributed by atoms with Gasteiger partial charge in [-0.25, -0.2) is 0 Å². The molecule has 0 N–H and O–H groups in total. The van der Waals surface area contributed by atoms with Gasteiger partial charge in [0.25, 0.3) is 0 Å². The number of halogens is 1. The minimum atomic E-state index is 0.0758. The molecule has 8 rings (SSSR count). The molecule has 0 spiro atoms. The van der Waals surface area contributed by atoms with Gasteiger partial charge in [0, 0.05) is 41.5 Å². The van der Waals surface area contributed by atoms with E-state index in [-0.39, 0.29) is 11.8 Å². The van der Waals surface area contributed by atoms with E-state index in [1.54, 1.807) is 0 Å². The normalized spacial score (nSPS) is 23.1. The zero-order valence-corrected chi connectivity index (χ0v) is 29.1. The van der Waals surface area contributed by atoms with Crippen LogP contribution in [-0.2, 0) is 22.4 Å². The summed E-state index contributed by atoms with van der Waals surface area (Å²) in [6, 6.07) is 25.4. The van der Waals surface area contributed by atoms with Gasteiger partial charge in [0.05, 0.1) is 0 Å². The Balaban J connectivity index is 1.04. The van der Waals surface area contributed by atoms with Crippen molar-refractivity contribution in [3.63, 3.8) is 0 Å². The smallest absolute Gasteiger partial charge is 0.226 e. The van der Waals surface area contributed by atoms with Crippen LogP contribution in [0, 0.1) is 11.8 Å². The van der Waals surface area contributed by atoms with Crippen LogP contribution in [0.25, 0.3) is 32.7 Å². The van der Waals surface area contributed by atoms with Gasteiger partial charge in [0.15, 0.2) is 0 Å². The molecule has 2 saturated heterocycles. The summed E-state index contributed by atoms with van der Waals surface area (Å²) in [6.07, 6.45) is 15.9. The first-order valence-electron chi connectivity index (χ1n) is 18.4. The van der Waals surface area contributed by atoms with Crippen LogP contribution >= 0.6 is 15.9 Å². The summed E-state index contributed by atoms with van der Waals surface area (Å²) in [5, 5.41) is 4.89. The standard InChI is InChI=1S/C42H47BrN2O2/c43-40-31(26-33-22-24-45(42(33)47)35-11-5-2-6-12-35)18-16-28-15-17-30(27-39(28)40)37-20-19-29(36-13-7-8-14-38(36)37)25-32-21-23-44(41(32)46)34-9-3-1-4-10-34/h7-8,13-20,27,32-35H,1-6,9-12,21-26H2. The Labute approximate surface area is 288 Å². The van der Waals surface area contributed by atoms with Crippen LogP contribution in [0.3, 0.4) is 0 Å². The van der Waals surface area contributed by atoms with E-state index in [1.807, 2.05) is 0 Å². The molecule has 2 aliphatic carbocycles. The highest BCUT2D eigenvalue weighted by Crippen LogP contribution is 2.39. The number of benzene rings is 4. The summed E-state index contributed by atoms with van der Waals surface area (Å²) < 4.78 is 1.11. The number of hydrogen-bond donors (Lipinski definition) is 0. The predicted octanol–water partition coefficient (Wildman–Crippen LogP) is 9.87. The van der Waals surface area contributed by atoms with Crippen molar-refractivity contribution in [2.24, 2.45) is 11.8 Å². The maximum Gasteiger partial charge on any atom is 0.226 e. The molecule has 4 aliphatic rings. The third-order valence-corrected chi connectivity index (χ3v) is 13.0. The minimum Gasteiger partial charge on any atom is -0.339 e. The molecular formula is C42H47BrN2O2. The van der Waals surface area contributed by atoms with Crippen molar-refractivity contribution in [1.82, 2.24) is 9.80 Å². The molecule has 2 heterocycles. The Morgan fingerprint density at radius 1 is 0.574 bits per heavy atom. The Morgan fingerprint density at radius 2 is 1.13 bits per heavy atom. The van der Waals surface area contributed by atoms with Gasteiger partial charge in [-0.2, -0.15) is 0 Å². The van der Waals surface area contributed by atoms with Gasteiger partial charge in [-0.15, -0.1) is 0 Å². The summed E-state index contributed by atoms with van der Waals surface area (Å²) in [6.45, 7) is 1.84. The first-order chi connectivity index (χ1) is 23.0. The van der Waals surface area contributed by atoms with Crippen molar-refractivity contribution in [3.05, 3.63) is 82.3 Å². The fourth-order valence-corrected chi connectivity index (χ4v) is 10.0. The fraction of sp³-hybridized carbons (Fsp3) is 0.476. The summed E-state index contributed by atoms with van der Waals surface area (Å²) in [5.74, 6) is 0.904. The number of amides is 2. The molecule has 4 aromatic rings. The second-order valence-corrected chi connectivity index (χ2v) is 15.6. The van der Waals surface area contributed by atoms with Gasteiger partial charge in [-0.05, 0) is 117 Å². The highest BCUT2D eigenvalue weighted by molar-refractivity contribution is 9.10. The van der Waals surface area contributed by atoms with E-state index < -0.39 is 0 Å². The van der Waals surface area contributed by atoms with Crippen molar-refractivity contribution in [1.29, 1.82) is 0 Å². The van der Waals surface area contributed by atoms with E-state index >= 15 is 0 Å². The number of nitrogens with zero attached hydrogens (tertiary/aromatic N) is 2. The van der Waals surface area contributed by atoms with Crippen LogP contribution in [0.1, 0.15) is 88.2 Å². The predicted molar refractivity (Wildman–Crippen MR) is 195 cm³/mol. The van der Waals surface area contributed by atoms with E-state index in [1.165, 1.54) is 108 Å². The Hall–Kier alpha value is -3.18. The monoisotopic (exact) mass is 690 g/mol. The third kappa shape index (κ3) is 6.03. The molecule has 0 radical (unpaired) electrons. The van der Waals surface area contributed by atoms with E-state index in [2.05, 4.69) is 92.5 Å². The van der Waals surface area contributed by atoms with Crippen molar-refractivity contribution < 1.29 is 9.59 Å². The molecule has 2 saturated carbocycles. The van der Waals surface area contributed by atoms with E-state index in [4.69, 9.17) is 0 Å². The van der Waals surface area contributed by atoms with Gasteiger partial charge in [0.1, 0.15) is 0 Å². The fourth-order valence-electron chi connectivity index (χ4n) is 9.39. The number of likely N-dealkylation sites (tertiary alicyclic amines) is 2. The van der Waals surface area contributed by atoms with Crippen LogP contribution < -0.4 is 0 Å². The highest BCUT2D eigenvalue weighted by atomic mass is 79.9. The molecule has 2 atom stereocenters. The van der Waals surface area contributed by atoms with E-state index in [9.17, 15) is 9.59 Å². The van der Waals surface area contributed by atoms with Crippen LogP contribution in [0.5, 0.6) is 0 Å². The zero-order valence-electron chi connectivity index (χ0n) is 27.6. The molecule has 4 nitrogen and oxygen atoms in total. The highest BCUT2D eigenvalue weighted by Gasteiger charge is 2.37. The molecule has 4 fully saturated rings. The van der Waals surface area contributed by atoms with Crippen molar-refractivity contribution in [2.75, 3.05) is 13.1 Å². The zero-order chi connectivity index (χ0) is 31.9. The molecule has 2 unspecified atom stereocenters. The number of rotatable bonds is 7. The second-order valence-electron chi connectivity index (χ2n) is 14.8. The average molecular weight is 692 g/mol. The van der Waals surface area contributed by atoms with E-state index in [0.717, 1.165) is 43.2 Å². The maximum atomic E-state index is 13.5. The van der Waals surface area contributed by atoms with Crippen LogP contribution in [-0.4, -0.2) is 46.8 Å². The summed E-state index contributed by atoms with van der Waals surface area (Å²) in [5.41, 5.74) is 4.92. The van der Waals surface area contributed by atoms with Gasteiger partial charge in [0.2, 0.25) is 11.8 Å². The molecule has 0 aromatic heterocycles. The lowest BCUT2D eigenvalue weighted by atomic mass is 9.89. The first kappa shape index (κ1) is 31.1. The second kappa shape index (κ2) is 13.4. The molecular weight excluding hydrogens is 644 g/mol. The Kier molecular flexibility index (Phi) is 8.85. The van der Waals surface area contributed by atoms with Crippen LogP contribution in [0.15, 0.2) is 71.2 Å². The average Bonchev–Trinajstić information content (AvgIpc) is 3.67. The lowest BCUT2D eigenvalue weighted by molar-refractivity contribution is -0.134. The third-order valence-electron chi connectivity index (χ3n) is 12.0. The summed E-state index contributed by atoms with van der Waals surface area (Å²) in [4.78, 5) is 31.4. The molecule has 5 heteroatoms. The topological polar surface area (TPSA) is 40.6 Å². The number of carbonyl (C=O) groups is 2. The lowest BCUT2D eigenvalue weighted by Gasteiger charge is -2.31. The van der Waals surface area contributed by atoms with Crippen molar-refractivity contribution in [3.8, 4) is 11.1 Å². The maximum absolute atomic E-state index is 13.5. The number of hydrogen-bond acceptors (Lipinski definition) is 2. The first-order valence-corrected chi connectivity index (χ1v) is 19.2. The molecule has 47 heavy (non-hydrogen) atoms. The summed E-state index contributed by atoms with van der Waals surface area (Å²) in [7, 11) is 0. The lowest BCUT2D eigenvalue weighted by Crippen LogP contribution is -2.39. The molecule has 0 bridgehead atoms. The van der Waals surface area contributed by atoms with Gasteiger partial charge in [-0.1, -0.05) is 99.2 Å². The van der Waals surface area contributed by atoms with Gasteiger partial charge >= 0.3 is 0 Å². The molecule has 2 aliphatic heterocycles. The quantitative estimate of drug-likeness (QED) is 0.194. The van der Waals surface area contributed by atoms with Gasteiger partial charge < -0.3 is 9.80 Å². The van der Waals surface area contributed by atoms with Crippen molar-refractivity contribution in [2.45, 2.75) is 102 Å². The largest absolute Gasteiger partial charge is 0.339 e. The molecule has 2 amide bonds. The number of carbonyl (C=O) groups excluding carboxylic acids is 2. The van der Waals surface area contributed by atoms with Crippen LogP contribution in [0.4, 0.5) is 0 Å². The molecule has 244 valence electrons. The Bertz CT molecular complexity index is 1800. The van der Waals surface area contributed by atoms with Crippen molar-refractivity contribution >= 4 is 49.3 Å². The Morgan fingerprint density at radius 3 is 1.77 bits per heavy atom.